The van der Waals surface area contributed by atoms with Crippen LogP contribution in [0.2, 0.25) is 5.15 Å². The first-order chi connectivity index (χ1) is 6.60. The topological polar surface area (TPSA) is 52.1 Å². The predicted molar refractivity (Wildman–Crippen MR) is 55.5 cm³/mol. The molecule has 6 heteroatoms. The quantitative estimate of drug-likeness (QED) is 0.615. The molecule has 0 fully saturated rings. The van der Waals surface area contributed by atoms with Crippen LogP contribution in [0.4, 0.5) is 0 Å². The molecule has 0 saturated carbocycles. The third-order valence-corrected chi connectivity index (χ3v) is 2.92. The van der Waals surface area contributed by atoms with Crippen molar-refractivity contribution in [3.8, 4) is 0 Å². The second-order valence-electron chi connectivity index (χ2n) is 2.44. The Morgan fingerprint density at radius 1 is 1.57 bits per heavy atom. The molecule has 0 saturated heterocycles. The minimum absolute atomic E-state index is 0.0162. The molecular formula is C8H8BrClN2O2. The molecular weight excluding hydrogens is 271 g/mol. The van der Waals surface area contributed by atoms with Crippen LogP contribution >= 0.6 is 27.5 Å². The van der Waals surface area contributed by atoms with Crippen LogP contribution in [0.3, 0.4) is 0 Å². The van der Waals surface area contributed by atoms with Crippen LogP contribution < -0.4 is 0 Å². The number of carbonyl (C=O) groups is 1. The molecule has 0 aromatic carbocycles. The van der Waals surface area contributed by atoms with Crippen LogP contribution in [0, 0.1) is 0 Å². The van der Waals surface area contributed by atoms with E-state index >= 15 is 0 Å². The summed E-state index contributed by atoms with van der Waals surface area (Å²) in [6.07, 6.45) is 0.660. The highest BCUT2D eigenvalue weighted by Gasteiger charge is 2.15. The summed E-state index contributed by atoms with van der Waals surface area (Å²) < 4.78 is 5.11. The zero-order chi connectivity index (χ0) is 10.7. The first-order valence-electron chi connectivity index (χ1n) is 3.90. The van der Waals surface area contributed by atoms with Gasteiger partial charge in [0.25, 0.3) is 0 Å². The van der Waals surface area contributed by atoms with E-state index in [2.05, 4.69) is 30.6 Å². The SMILES string of the molecule is CCc1nc(C(=O)OC)nc(Cl)c1Br. The average Bonchev–Trinajstić information content (AvgIpc) is 2.20. The smallest absolute Gasteiger partial charge is 0.376 e. The lowest BCUT2D eigenvalue weighted by Gasteiger charge is -2.04. The zero-order valence-electron chi connectivity index (χ0n) is 7.67. The number of aryl methyl sites for hydroxylation is 1. The van der Waals surface area contributed by atoms with Crippen molar-refractivity contribution in [1.29, 1.82) is 0 Å². The highest BCUT2D eigenvalue weighted by Crippen LogP contribution is 2.23. The Hall–Kier alpha value is -0.680. The summed E-state index contributed by atoms with van der Waals surface area (Å²) in [5, 5.41) is 0.220. The molecule has 0 aliphatic rings. The number of esters is 1. The molecule has 0 amide bonds. The summed E-state index contributed by atoms with van der Waals surface area (Å²) in [7, 11) is 1.27. The average molecular weight is 280 g/mol. The predicted octanol–water partition coefficient (Wildman–Crippen LogP) is 2.24. The number of ether oxygens (including phenoxy) is 1. The van der Waals surface area contributed by atoms with Crippen molar-refractivity contribution in [3.05, 3.63) is 21.1 Å². The number of hydrogen-bond acceptors (Lipinski definition) is 4. The van der Waals surface area contributed by atoms with E-state index in [4.69, 9.17) is 11.6 Å². The second-order valence-corrected chi connectivity index (χ2v) is 3.59. The highest BCUT2D eigenvalue weighted by molar-refractivity contribution is 9.10. The number of nitrogens with zero attached hydrogens (tertiary/aromatic N) is 2. The Morgan fingerprint density at radius 3 is 2.71 bits per heavy atom. The van der Waals surface area contributed by atoms with Crippen molar-refractivity contribution in [1.82, 2.24) is 9.97 Å². The van der Waals surface area contributed by atoms with Gasteiger partial charge in [0.2, 0.25) is 5.82 Å². The molecule has 76 valence electrons. The fourth-order valence-corrected chi connectivity index (χ4v) is 1.53. The van der Waals surface area contributed by atoms with Crippen molar-refractivity contribution >= 4 is 33.5 Å². The monoisotopic (exact) mass is 278 g/mol. The molecule has 0 N–H and O–H groups in total. The van der Waals surface area contributed by atoms with Crippen LogP contribution in [0.1, 0.15) is 23.2 Å². The number of halogens is 2. The third kappa shape index (κ3) is 2.22. The molecule has 1 rings (SSSR count). The zero-order valence-corrected chi connectivity index (χ0v) is 10.0. The molecule has 0 aliphatic carbocycles. The van der Waals surface area contributed by atoms with Gasteiger partial charge >= 0.3 is 5.97 Å². The summed E-state index contributed by atoms with van der Waals surface area (Å²) in [6, 6.07) is 0. The van der Waals surface area contributed by atoms with Gasteiger partial charge in [-0.2, -0.15) is 0 Å². The summed E-state index contributed by atoms with van der Waals surface area (Å²) in [5.74, 6) is -0.605. The number of methoxy groups -OCH3 is 1. The fourth-order valence-electron chi connectivity index (χ4n) is 0.880. The minimum atomic E-state index is -0.589. The maximum atomic E-state index is 11.1. The molecule has 1 aromatic heterocycles. The van der Waals surface area contributed by atoms with Crippen LogP contribution in [0.5, 0.6) is 0 Å². The number of rotatable bonds is 2. The van der Waals surface area contributed by atoms with E-state index in [1.54, 1.807) is 0 Å². The van der Waals surface area contributed by atoms with Crippen LogP contribution in [0.25, 0.3) is 0 Å². The molecule has 0 radical (unpaired) electrons. The van der Waals surface area contributed by atoms with Gasteiger partial charge in [-0.1, -0.05) is 18.5 Å². The Labute approximate surface area is 94.8 Å². The second kappa shape index (κ2) is 4.70. The maximum Gasteiger partial charge on any atom is 0.376 e. The summed E-state index contributed by atoms with van der Waals surface area (Å²) >= 11 is 9.03. The summed E-state index contributed by atoms with van der Waals surface area (Å²) in [6.45, 7) is 1.91. The normalized spacial score (nSPS) is 10.0. The van der Waals surface area contributed by atoms with Crippen molar-refractivity contribution in [3.63, 3.8) is 0 Å². The lowest BCUT2D eigenvalue weighted by Crippen LogP contribution is -2.09. The molecule has 1 heterocycles. The molecule has 14 heavy (non-hydrogen) atoms. The first kappa shape index (κ1) is 11.4. The van der Waals surface area contributed by atoms with Gasteiger partial charge in [0, 0.05) is 0 Å². The van der Waals surface area contributed by atoms with Gasteiger partial charge in [0.1, 0.15) is 5.15 Å². The van der Waals surface area contributed by atoms with E-state index in [0.29, 0.717) is 16.6 Å². The molecule has 0 atom stereocenters. The van der Waals surface area contributed by atoms with Crippen molar-refractivity contribution < 1.29 is 9.53 Å². The Kier molecular flexibility index (Phi) is 3.83. The third-order valence-electron chi connectivity index (χ3n) is 1.58. The number of hydrogen-bond donors (Lipinski definition) is 0. The number of aromatic nitrogens is 2. The van der Waals surface area contributed by atoms with Crippen molar-refractivity contribution in [2.75, 3.05) is 7.11 Å². The molecule has 0 aliphatic heterocycles. The van der Waals surface area contributed by atoms with E-state index in [0.717, 1.165) is 0 Å². The van der Waals surface area contributed by atoms with Gasteiger partial charge < -0.3 is 4.74 Å². The van der Waals surface area contributed by atoms with Crippen molar-refractivity contribution in [2.24, 2.45) is 0 Å². The summed E-state index contributed by atoms with van der Waals surface area (Å²) in [4.78, 5) is 18.9. The van der Waals surface area contributed by atoms with Crippen molar-refractivity contribution in [2.45, 2.75) is 13.3 Å². The standard InChI is InChI=1S/C8H8BrClN2O2/c1-3-4-5(9)6(10)12-7(11-4)8(13)14-2/h3H2,1-2H3. The van der Waals surface area contributed by atoms with E-state index in [1.165, 1.54) is 7.11 Å². The molecule has 1 aromatic rings. The van der Waals surface area contributed by atoms with Crippen LogP contribution in [-0.4, -0.2) is 23.0 Å². The molecule has 0 spiro atoms. The van der Waals surface area contributed by atoms with Crippen LogP contribution in [-0.2, 0) is 11.2 Å². The lowest BCUT2D eigenvalue weighted by molar-refractivity contribution is 0.0586. The van der Waals surface area contributed by atoms with E-state index in [1.807, 2.05) is 6.92 Å². The molecule has 0 bridgehead atoms. The van der Waals surface area contributed by atoms with Gasteiger partial charge in [-0.3, -0.25) is 0 Å². The minimum Gasteiger partial charge on any atom is -0.463 e. The number of carbonyl (C=O) groups excluding carboxylic acids is 1. The Balaban J connectivity index is 3.22. The Morgan fingerprint density at radius 2 is 2.21 bits per heavy atom. The van der Waals surface area contributed by atoms with E-state index in [-0.39, 0.29) is 11.0 Å². The van der Waals surface area contributed by atoms with E-state index in [9.17, 15) is 4.79 Å². The Bertz CT molecular complexity index is 371. The summed E-state index contributed by atoms with van der Waals surface area (Å²) in [5.41, 5.74) is 0.686. The van der Waals surface area contributed by atoms with Gasteiger partial charge in [-0.25, -0.2) is 14.8 Å². The fraction of sp³-hybridized carbons (Fsp3) is 0.375. The maximum absolute atomic E-state index is 11.1. The first-order valence-corrected chi connectivity index (χ1v) is 5.07. The lowest BCUT2D eigenvalue weighted by atomic mass is 10.3. The molecule has 4 nitrogen and oxygen atoms in total. The van der Waals surface area contributed by atoms with Crippen LogP contribution in [0.15, 0.2) is 4.47 Å². The van der Waals surface area contributed by atoms with Gasteiger partial charge in [0.15, 0.2) is 0 Å². The van der Waals surface area contributed by atoms with Gasteiger partial charge in [0.05, 0.1) is 17.3 Å². The van der Waals surface area contributed by atoms with Gasteiger partial charge in [-0.05, 0) is 22.4 Å². The van der Waals surface area contributed by atoms with Gasteiger partial charge in [-0.15, -0.1) is 0 Å². The molecule has 0 unspecified atom stereocenters. The van der Waals surface area contributed by atoms with E-state index < -0.39 is 5.97 Å². The largest absolute Gasteiger partial charge is 0.463 e. The highest BCUT2D eigenvalue weighted by atomic mass is 79.9.